The molecule has 0 atom stereocenters. The van der Waals surface area contributed by atoms with Crippen molar-refractivity contribution >= 4 is 28.8 Å². The Kier molecular flexibility index (Phi) is 5.89. The lowest BCUT2D eigenvalue weighted by atomic mass is 9.92. The Morgan fingerprint density at radius 3 is 2.71 bits per heavy atom. The highest BCUT2D eigenvalue weighted by Gasteiger charge is 2.28. The van der Waals surface area contributed by atoms with Crippen molar-refractivity contribution in [2.45, 2.75) is 31.7 Å². The number of hydrogen-bond acceptors (Lipinski definition) is 4. The van der Waals surface area contributed by atoms with Crippen LogP contribution in [0.1, 0.15) is 37.3 Å². The lowest BCUT2D eigenvalue weighted by Crippen LogP contribution is -2.18. The molecule has 4 rings (SSSR count). The van der Waals surface area contributed by atoms with Gasteiger partial charge in [-0.1, -0.05) is 12.1 Å². The van der Waals surface area contributed by atoms with Crippen molar-refractivity contribution in [1.29, 1.82) is 10.7 Å². The number of benzene rings is 2. The van der Waals surface area contributed by atoms with Crippen molar-refractivity contribution in [3.05, 3.63) is 48.0 Å². The largest absolute Gasteiger partial charge is 0.493 e. The number of nitrogens with zero attached hydrogens (tertiary/aromatic N) is 3. The van der Waals surface area contributed by atoms with E-state index in [1.165, 1.54) is 6.42 Å². The van der Waals surface area contributed by atoms with E-state index in [-0.39, 0.29) is 0 Å². The van der Waals surface area contributed by atoms with Gasteiger partial charge in [-0.15, -0.1) is 0 Å². The van der Waals surface area contributed by atoms with Gasteiger partial charge in [-0.3, -0.25) is 5.41 Å². The van der Waals surface area contributed by atoms with Gasteiger partial charge in [0.25, 0.3) is 0 Å². The second-order valence-corrected chi connectivity index (χ2v) is 7.64. The maximum Gasteiger partial charge on any atom is 0.121 e. The highest BCUT2D eigenvalue weighted by Crippen LogP contribution is 2.43. The summed E-state index contributed by atoms with van der Waals surface area (Å²) in [5.41, 5.74) is 10.5. The third-order valence-corrected chi connectivity index (χ3v) is 5.83. The van der Waals surface area contributed by atoms with Crippen LogP contribution in [0.15, 0.2) is 47.5 Å². The first kappa shape index (κ1) is 20.5. The molecule has 0 unspecified atom stereocenters. The van der Waals surface area contributed by atoms with Gasteiger partial charge in [0.2, 0.25) is 0 Å². The fraction of sp³-hybridized carbons (Fsp3) is 0.292. The number of amidine groups is 1. The van der Waals surface area contributed by atoms with E-state index in [2.05, 4.69) is 33.1 Å². The summed E-state index contributed by atoms with van der Waals surface area (Å²) >= 11 is 0. The average Bonchev–Trinajstić information content (AvgIpc) is 3.06. The fourth-order valence-corrected chi connectivity index (χ4v) is 4.02. The first-order valence-electron chi connectivity index (χ1n) is 10.5. The highest BCUT2D eigenvalue weighted by molar-refractivity contribution is 5.95. The predicted molar refractivity (Wildman–Crippen MR) is 125 cm³/mol. The zero-order valence-electron chi connectivity index (χ0n) is 17.6. The van der Waals surface area contributed by atoms with Crippen LogP contribution in [0, 0.1) is 16.7 Å². The second-order valence-electron chi connectivity index (χ2n) is 7.64. The molecule has 7 nitrogen and oxygen atoms in total. The van der Waals surface area contributed by atoms with Gasteiger partial charge in [0.05, 0.1) is 23.4 Å². The third-order valence-electron chi connectivity index (χ3n) is 5.83. The Bertz CT molecular complexity index is 1170. The van der Waals surface area contributed by atoms with Crippen molar-refractivity contribution in [3.63, 3.8) is 0 Å². The van der Waals surface area contributed by atoms with Crippen molar-refractivity contribution in [2.75, 3.05) is 19.0 Å². The van der Waals surface area contributed by atoms with E-state index in [4.69, 9.17) is 15.9 Å². The lowest BCUT2D eigenvalue weighted by molar-refractivity contribution is 0.321. The van der Waals surface area contributed by atoms with E-state index in [1.807, 2.05) is 37.4 Å². The molecule has 0 spiro atoms. The molecule has 0 amide bonds. The van der Waals surface area contributed by atoms with Crippen LogP contribution in [-0.2, 0) is 0 Å². The zero-order chi connectivity index (χ0) is 21.8. The van der Waals surface area contributed by atoms with Gasteiger partial charge in [0.1, 0.15) is 24.0 Å². The van der Waals surface area contributed by atoms with E-state index in [0.29, 0.717) is 30.5 Å². The van der Waals surface area contributed by atoms with Gasteiger partial charge in [-0.05, 0) is 49.1 Å². The van der Waals surface area contributed by atoms with Crippen LogP contribution in [0.25, 0.3) is 22.2 Å². The van der Waals surface area contributed by atoms with Crippen molar-refractivity contribution in [2.24, 2.45) is 10.7 Å². The standard InChI is InChI=1S/C24H26N6O/c1-28-17-7-5-16(6-8-17)24-21(14-25)20-10-9-19(31-12-11-23(27)29-15-26)13-22(20)30(24)18-3-2-4-18/h5-10,13,15,18,28H,2-4,11-12H2,1H3,(H3,26,27,29). The van der Waals surface area contributed by atoms with E-state index in [1.54, 1.807) is 0 Å². The summed E-state index contributed by atoms with van der Waals surface area (Å²) in [7, 11) is 1.90. The van der Waals surface area contributed by atoms with Crippen LogP contribution in [0.2, 0.25) is 0 Å². The van der Waals surface area contributed by atoms with Crippen molar-refractivity contribution in [3.8, 4) is 23.1 Å². The summed E-state index contributed by atoms with van der Waals surface area (Å²) in [6, 6.07) is 16.9. The molecule has 0 bridgehead atoms. The maximum absolute atomic E-state index is 10.0. The molecular formula is C24H26N6O. The van der Waals surface area contributed by atoms with Crippen LogP contribution in [0.3, 0.4) is 0 Å². The van der Waals surface area contributed by atoms with E-state index < -0.39 is 0 Å². The Morgan fingerprint density at radius 2 is 2.10 bits per heavy atom. The smallest absolute Gasteiger partial charge is 0.121 e. The second kappa shape index (κ2) is 8.92. The number of nitriles is 1. The normalized spacial score (nSPS) is 14.1. The van der Waals surface area contributed by atoms with Gasteiger partial charge in [-0.25, -0.2) is 4.99 Å². The predicted octanol–water partition coefficient (Wildman–Crippen LogP) is 4.68. The first-order chi connectivity index (χ1) is 15.2. The molecule has 2 aromatic carbocycles. The molecule has 0 saturated heterocycles. The first-order valence-corrected chi connectivity index (χ1v) is 10.5. The number of ether oxygens (including phenoxy) is 1. The quantitative estimate of drug-likeness (QED) is 0.367. The molecule has 1 fully saturated rings. The minimum atomic E-state index is 0.369. The van der Waals surface area contributed by atoms with Gasteiger partial charge >= 0.3 is 0 Å². The molecule has 1 saturated carbocycles. The van der Waals surface area contributed by atoms with Crippen LogP contribution in [0.4, 0.5) is 5.69 Å². The van der Waals surface area contributed by atoms with Crippen LogP contribution < -0.4 is 15.8 Å². The molecule has 3 aromatic rings. The van der Waals surface area contributed by atoms with Crippen LogP contribution >= 0.6 is 0 Å². The topological polar surface area (TPSA) is 112 Å². The number of hydrogen-bond donors (Lipinski definition) is 3. The van der Waals surface area contributed by atoms with Gasteiger partial charge in [0, 0.05) is 36.7 Å². The molecule has 158 valence electrons. The molecule has 0 radical (unpaired) electrons. The summed E-state index contributed by atoms with van der Waals surface area (Å²) in [4.78, 5) is 3.75. The summed E-state index contributed by atoms with van der Waals surface area (Å²) < 4.78 is 8.22. The number of anilines is 1. The Balaban J connectivity index is 1.77. The molecule has 1 heterocycles. The van der Waals surface area contributed by atoms with E-state index >= 15 is 0 Å². The zero-order valence-corrected chi connectivity index (χ0v) is 17.6. The number of nitrogens with one attached hydrogen (secondary N) is 2. The third kappa shape index (κ3) is 3.97. The van der Waals surface area contributed by atoms with Crippen LogP contribution in [-0.4, -0.2) is 30.4 Å². The molecule has 1 aliphatic carbocycles. The number of aromatic nitrogens is 1. The lowest BCUT2D eigenvalue weighted by Gasteiger charge is -2.30. The minimum Gasteiger partial charge on any atom is -0.493 e. The average molecular weight is 415 g/mol. The Hall–Kier alpha value is -3.79. The van der Waals surface area contributed by atoms with Gasteiger partial charge < -0.3 is 20.4 Å². The minimum absolute atomic E-state index is 0.369. The number of aliphatic imine (C=N–C) groups is 1. The molecule has 1 aromatic heterocycles. The van der Waals surface area contributed by atoms with E-state index in [9.17, 15) is 5.26 Å². The Labute approximate surface area is 181 Å². The van der Waals surface area contributed by atoms with Crippen molar-refractivity contribution in [1.82, 2.24) is 4.57 Å². The van der Waals surface area contributed by atoms with Gasteiger partial charge in [0.15, 0.2) is 0 Å². The Morgan fingerprint density at radius 1 is 1.32 bits per heavy atom. The highest BCUT2D eigenvalue weighted by atomic mass is 16.5. The maximum atomic E-state index is 10.0. The summed E-state index contributed by atoms with van der Waals surface area (Å²) in [6.07, 6.45) is 4.80. The molecule has 0 aliphatic heterocycles. The number of rotatable bonds is 8. The summed E-state index contributed by atoms with van der Waals surface area (Å²) in [5, 5.41) is 21.1. The molecule has 31 heavy (non-hydrogen) atoms. The molecule has 1 aliphatic rings. The molecular weight excluding hydrogens is 388 g/mol. The fourth-order valence-electron chi connectivity index (χ4n) is 4.02. The number of fused-ring (bicyclic) bond motifs is 1. The van der Waals surface area contributed by atoms with E-state index in [0.717, 1.165) is 52.8 Å². The number of nitrogens with two attached hydrogens (primary N) is 1. The summed E-state index contributed by atoms with van der Waals surface area (Å²) in [5.74, 6) is 1.10. The van der Waals surface area contributed by atoms with Crippen molar-refractivity contribution < 1.29 is 4.74 Å². The summed E-state index contributed by atoms with van der Waals surface area (Å²) in [6.45, 7) is 0.377. The molecule has 7 heteroatoms. The van der Waals surface area contributed by atoms with Gasteiger partial charge in [-0.2, -0.15) is 5.26 Å². The monoisotopic (exact) mass is 414 g/mol. The molecule has 4 N–H and O–H groups in total. The van der Waals surface area contributed by atoms with Crippen LogP contribution in [0.5, 0.6) is 5.75 Å². The SMILES string of the molecule is CNc1ccc(-c2c(C#N)c3ccc(OCCC(N)=NC=N)cc3n2C2CCC2)cc1.